The van der Waals surface area contributed by atoms with Gasteiger partial charge in [-0.05, 0) is 31.0 Å². The summed E-state index contributed by atoms with van der Waals surface area (Å²) in [6, 6.07) is 4.03. The third-order valence-electron chi connectivity index (χ3n) is 2.55. The number of ether oxygens (including phenoxy) is 1. The van der Waals surface area contributed by atoms with Crippen molar-refractivity contribution in [2.75, 3.05) is 33.1 Å². The van der Waals surface area contributed by atoms with Crippen LogP contribution in [0.3, 0.4) is 0 Å². The Hall–Kier alpha value is -1.71. The molecule has 1 aromatic carbocycles. The van der Waals surface area contributed by atoms with Crippen LogP contribution in [0.15, 0.2) is 12.1 Å². The summed E-state index contributed by atoms with van der Waals surface area (Å²) in [4.78, 5) is 13.1. The fourth-order valence-corrected chi connectivity index (χ4v) is 1.69. The van der Waals surface area contributed by atoms with Crippen LogP contribution in [-0.2, 0) is 4.79 Å². The summed E-state index contributed by atoms with van der Waals surface area (Å²) >= 11 is 0. The minimum absolute atomic E-state index is 0.0335. The zero-order chi connectivity index (χ0) is 13.0. The van der Waals surface area contributed by atoms with Crippen LogP contribution < -0.4 is 10.1 Å². The van der Waals surface area contributed by atoms with Gasteiger partial charge in [-0.25, -0.2) is 0 Å². The lowest BCUT2D eigenvalue weighted by atomic mass is 10.1. The largest absolute Gasteiger partial charge is 0.494 e. The highest BCUT2D eigenvalue weighted by Crippen LogP contribution is 2.29. The summed E-state index contributed by atoms with van der Waals surface area (Å²) in [5.41, 5.74) is 3.07. The van der Waals surface area contributed by atoms with Crippen molar-refractivity contribution >= 4 is 11.6 Å². The lowest BCUT2D eigenvalue weighted by Crippen LogP contribution is -2.28. The molecule has 0 aromatic heterocycles. The predicted octanol–water partition coefficient (Wildman–Crippen LogP) is 1.81. The van der Waals surface area contributed by atoms with Gasteiger partial charge < -0.3 is 15.0 Å². The number of rotatable bonds is 4. The van der Waals surface area contributed by atoms with Gasteiger partial charge in [-0.15, -0.1) is 0 Å². The third kappa shape index (κ3) is 3.37. The summed E-state index contributed by atoms with van der Waals surface area (Å²) in [5, 5.41) is 3.11. The maximum Gasteiger partial charge on any atom is 0.241 e. The van der Waals surface area contributed by atoms with E-state index >= 15 is 0 Å². The van der Waals surface area contributed by atoms with Crippen molar-refractivity contribution in [3.05, 3.63) is 23.3 Å². The Morgan fingerprint density at radius 2 is 2.00 bits per heavy atom. The number of anilines is 1. The smallest absolute Gasteiger partial charge is 0.241 e. The molecular weight excluding hydrogens is 216 g/mol. The van der Waals surface area contributed by atoms with E-state index in [0.29, 0.717) is 0 Å². The molecule has 1 rings (SSSR count). The second-order valence-corrected chi connectivity index (χ2v) is 4.30. The SMILES string of the molecule is COc1c(C)cc(C)cc1NCC(=O)N(C)C. The molecule has 4 heteroatoms. The van der Waals surface area contributed by atoms with Crippen molar-refractivity contribution in [1.82, 2.24) is 4.90 Å². The van der Waals surface area contributed by atoms with Gasteiger partial charge in [-0.2, -0.15) is 0 Å². The summed E-state index contributed by atoms with van der Waals surface area (Å²) in [7, 11) is 5.11. The standard InChI is InChI=1S/C13H20N2O2/c1-9-6-10(2)13(17-5)11(7-9)14-8-12(16)15(3)4/h6-7,14H,8H2,1-5H3. The van der Waals surface area contributed by atoms with Gasteiger partial charge in [0, 0.05) is 14.1 Å². The minimum Gasteiger partial charge on any atom is -0.494 e. The molecule has 0 atom stereocenters. The molecule has 1 N–H and O–H groups in total. The highest BCUT2D eigenvalue weighted by atomic mass is 16.5. The average Bonchev–Trinajstić information content (AvgIpc) is 2.24. The first-order valence-corrected chi connectivity index (χ1v) is 5.55. The van der Waals surface area contributed by atoms with Gasteiger partial charge in [0.2, 0.25) is 5.91 Å². The Kier molecular flexibility index (Phi) is 4.37. The summed E-state index contributed by atoms with van der Waals surface area (Å²) in [5.74, 6) is 0.827. The minimum atomic E-state index is 0.0335. The summed E-state index contributed by atoms with van der Waals surface area (Å²) < 4.78 is 5.34. The van der Waals surface area contributed by atoms with Crippen LogP contribution in [-0.4, -0.2) is 38.6 Å². The van der Waals surface area contributed by atoms with Crippen LogP contribution in [0.25, 0.3) is 0 Å². The molecule has 0 aliphatic carbocycles. The van der Waals surface area contributed by atoms with Crippen LogP contribution in [0.1, 0.15) is 11.1 Å². The lowest BCUT2D eigenvalue weighted by molar-refractivity contribution is -0.126. The first kappa shape index (κ1) is 13.4. The fraction of sp³-hybridized carbons (Fsp3) is 0.462. The van der Waals surface area contributed by atoms with Crippen LogP contribution in [0, 0.1) is 13.8 Å². The molecule has 4 nitrogen and oxygen atoms in total. The second kappa shape index (κ2) is 5.57. The molecule has 0 radical (unpaired) electrons. The number of hydrogen-bond donors (Lipinski definition) is 1. The van der Waals surface area contributed by atoms with Gasteiger partial charge in [0.15, 0.2) is 0 Å². The van der Waals surface area contributed by atoms with E-state index in [9.17, 15) is 4.79 Å². The van der Waals surface area contributed by atoms with Gasteiger partial charge in [0.25, 0.3) is 0 Å². The van der Waals surface area contributed by atoms with E-state index < -0.39 is 0 Å². The zero-order valence-corrected chi connectivity index (χ0v) is 11.1. The molecule has 0 heterocycles. The van der Waals surface area contributed by atoms with Crippen molar-refractivity contribution in [1.29, 1.82) is 0 Å². The van der Waals surface area contributed by atoms with E-state index in [1.54, 1.807) is 26.1 Å². The number of amides is 1. The van der Waals surface area contributed by atoms with Crippen molar-refractivity contribution in [3.8, 4) is 5.75 Å². The predicted molar refractivity (Wildman–Crippen MR) is 69.7 cm³/mol. The van der Waals surface area contributed by atoms with Gasteiger partial charge in [0.1, 0.15) is 5.75 Å². The monoisotopic (exact) mass is 236 g/mol. The maximum absolute atomic E-state index is 11.5. The Balaban J connectivity index is 2.86. The van der Waals surface area contributed by atoms with Crippen LogP contribution in [0.4, 0.5) is 5.69 Å². The van der Waals surface area contributed by atoms with E-state index in [-0.39, 0.29) is 12.5 Å². The molecule has 0 aliphatic rings. The number of methoxy groups -OCH3 is 1. The Labute approximate surface area is 103 Å². The molecular formula is C13H20N2O2. The fourth-order valence-electron chi connectivity index (χ4n) is 1.69. The van der Waals surface area contributed by atoms with E-state index in [1.807, 2.05) is 19.9 Å². The number of nitrogens with zero attached hydrogens (tertiary/aromatic N) is 1. The zero-order valence-electron chi connectivity index (χ0n) is 11.1. The molecule has 0 saturated heterocycles. The first-order chi connectivity index (χ1) is 7.95. The summed E-state index contributed by atoms with van der Waals surface area (Å²) in [6.45, 7) is 4.28. The first-order valence-electron chi connectivity index (χ1n) is 5.55. The summed E-state index contributed by atoms with van der Waals surface area (Å²) in [6.07, 6.45) is 0. The van der Waals surface area contributed by atoms with Gasteiger partial charge in [0.05, 0.1) is 19.3 Å². The number of likely N-dealkylation sites (N-methyl/N-ethyl adjacent to an activating group) is 1. The van der Waals surface area contributed by atoms with Crippen molar-refractivity contribution in [2.24, 2.45) is 0 Å². The van der Waals surface area contributed by atoms with Crippen LogP contribution in [0.5, 0.6) is 5.75 Å². The van der Waals surface area contributed by atoms with Crippen LogP contribution in [0.2, 0.25) is 0 Å². The van der Waals surface area contributed by atoms with E-state index in [4.69, 9.17) is 4.74 Å². The molecule has 0 spiro atoms. The average molecular weight is 236 g/mol. The number of nitrogens with one attached hydrogen (secondary N) is 1. The third-order valence-corrected chi connectivity index (χ3v) is 2.55. The number of carbonyl (C=O) groups is 1. The van der Waals surface area contributed by atoms with Crippen molar-refractivity contribution in [3.63, 3.8) is 0 Å². The quantitative estimate of drug-likeness (QED) is 0.867. The molecule has 0 bridgehead atoms. The van der Waals surface area contributed by atoms with E-state index in [2.05, 4.69) is 11.4 Å². The van der Waals surface area contributed by atoms with Crippen molar-refractivity contribution < 1.29 is 9.53 Å². The maximum atomic E-state index is 11.5. The van der Waals surface area contributed by atoms with Crippen molar-refractivity contribution in [2.45, 2.75) is 13.8 Å². The van der Waals surface area contributed by atoms with Gasteiger partial charge in [-0.1, -0.05) is 6.07 Å². The number of benzene rings is 1. The highest BCUT2D eigenvalue weighted by Gasteiger charge is 2.09. The number of carbonyl (C=O) groups excluding carboxylic acids is 1. The number of aryl methyl sites for hydroxylation is 2. The molecule has 0 saturated carbocycles. The van der Waals surface area contributed by atoms with E-state index in [1.165, 1.54) is 0 Å². The topological polar surface area (TPSA) is 41.6 Å². The van der Waals surface area contributed by atoms with Gasteiger partial charge >= 0.3 is 0 Å². The van der Waals surface area contributed by atoms with E-state index in [0.717, 1.165) is 22.6 Å². The molecule has 0 fully saturated rings. The Bertz CT molecular complexity index is 414. The van der Waals surface area contributed by atoms with Crippen LogP contribution >= 0.6 is 0 Å². The number of hydrogen-bond acceptors (Lipinski definition) is 3. The molecule has 17 heavy (non-hydrogen) atoms. The lowest BCUT2D eigenvalue weighted by Gasteiger charge is -2.16. The van der Waals surface area contributed by atoms with Gasteiger partial charge in [-0.3, -0.25) is 4.79 Å². The molecule has 94 valence electrons. The molecule has 0 aliphatic heterocycles. The Morgan fingerprint density at radius 1 is 1.35 bits per heavy atom. The second-order valence-electron chi connectivity index (χ2n) is 4.30. The molecule has 1 amide bonds. The highest BCUT2D eigenvalue weighted by molar-refractivity contribution is 5.81. The normalized spacial score (nSPS) is 9.94. The Morgan fingerprint density at radius 3 is 2.53 bits per heavy atom. The molecule has 1 aromatic rings. The molecule has 0 unspecified atom stereocenters.